The zero-order chi connectivity index (χ0) is 21.5. The van der Waals surface area contributed by atoms with E-state index in [4.69, 9.17) is 14.2 Å². The quantitative estimate of drug-likeness (QED) is 0.599. The van der Waals surface area contributed by atoms with Crippen LogP contribution in [-0.2, 0) is 20.8 Å². The average molecular weight is 418 g/mol. The Labute approximate surface area is 177 Å². The normalized spacial score (nSPS) is 21.4. The third kappa shape index (κ3) is 5.52. The molecule has 1 saturated heterocycles. The Kier molecular flexibility index (Phi) is 7.70. The maximum absolute atomic E-state index is 12.6. The molecule has 1 aromatic rings. The zero-order valence-electron chi connectivity index (χ0n) is 17.9. The lowest BCUT2D eigenvalue weighted by atomic mass is 10.0. The van der Waals surface area contributed by atoms with Crippen LogP contribution in [0.5, 0.6) is 5.75 Å². The van der Waals surface area contributed by atoms with Crippen molar-refractivity contribution in [3.05, 3.63) is 41.1 Å². The first-order chi connectivity index (χ1) is 14.5. The second-order valence-corrected chi connectivity index (χ2v) is 7.55. The fraction of sp³-hybridized carbons (Fsp3) is 0.545. The van der Waals surface area contributed by atoms with Crippen LogP contribution in [0.15, 0.2) is 35.5 Å². The summed E-state index contributed by atoms with van der Waals surface area (Å²) < 4.78 is 16.6. The first kappa shape index (κ1) is 22.1. The van der Waals surface area contributed by atoms with Crippen LogP contribution < -0.4 is 15.4 Å². The number of hydrogen-bond donors (Lipinski definition) is 2. The lowest BCUT2D eigenvalue weighted by molar-refractivity contribution is -0.139. The average Bonchev–Trinajstić information content (AvgIpc) is 3.21. The number of ether oxygens (including phenoxy) is 3. The number of amides is 2. The number of carbonyl (C=O) groups excluding carboxylic acids is 2. The molecule has 2 amide bonds. The standard InChI is InChI=1S/C22H31N3O5/c1-4-29-21(26)20-15(2)23-22(27)24-18(20)14-25(13-17-9-7-11-30-17)12-16-8-5-6-10-19(16)28-3/h5-6,8,10,15,17H,4,7,9,11-14H2,1-3H3,(H2,23,24,27). The minimum Gasteiger partial charge on any atom is -0.496 e. The molecule has 3 rings (SSSR count). The number of carbonyl (C=O) groups is 2. The van der Waals surface area contributed by atoms with Gasteiger partial charge in [-0.15, -0.1) is 0 Å². The molecule has 0 radical (unpaired) electrons. The van der Waals surface area contributed by atoms with Gasteiger partial charge in [-0.25, -0.2) is 9.59 Å². The first-order valence-electron chi connectivity index (χ1n) is 10.4. The molecule has 2 N–H and O–H groups in total. The van der Waals surface area contributed by atoms with Crippen molar-refractivity contribution in [2.45, 2.75) is 45.4 Å². The van der Waals surface area contributed by atoms with Gasteiger partial charge in [-0.1, -0.05) is 18.2 Å². The van der Waals surface area contributed by atoms with Gasteiger partial charge < -0.3 is 24.8 Å². The number of methoxy groups -OCH3 is 1. The van der Waals surface area contributed by atoms with Gasteiger partial charge in [-0.2, -0.15) is 0 Å². The van der Waals surface area contributed by atoms with E-state index in [0.717, 1.165) is 30.8 Å². The molecule has 1 fully saturated rings. The number of para-hydroxylation sites is 1. The summed E-state index contributed by atoms with van der Waals surface area (Å²) in [5.41, 5.74) is 2.05. The van der Waals surface area contributed by atoms with E-state index in [1.54, 1.807) is 21.0 Å². The van der Waals surface area contributed by atoms with Crippen molar-refractivity contribution in [3.8, 4) is 5.75 Å². The van der Waals surface area contributed by atoms with E-state index in [9.17, 15) is 9.59 Å². The molecule has 2 unspecified atom stereocenters. The van der Waals surface area contributed by atoms with Gasteiger partial charge in [0.05, 0.1) is 31.4 Å². The number of nitrogens with zero attached hydrogens (tertiary/aromatic N) is 1. The van der Waals surface area contributed by atoms with Crippen LogP contribution in [0.4, 0.5) is 4.79 Å². The molecule has 0 aliphatic carbocycles. The Balaban J connectivity index is 1.88. The predicted molar refractivity (Wildman–Crippen MR) is 112 cm³/mol. The van der Waals surface area contributed by atoms with Gasteiger partial charge in [0.25, 0.3) is 0 Å². The number of rotatable bonds is 9. The summed E-state index contributed by atoms with van der Waals surface area (Å²) in [6, 6.07) is 7.11. The lowest BCUT2D eigenvalue weighted by Crippen LogP contribution is -2.51. The summed E-state index contributed by atoms with van der Waals surface area (Å²) >= 11 is 0. The van der Waals surface area contributed by atoms with Gasteiger partial charge in [0, 0.05) is 37.5 Å². The number of nitrogens with one attached hydrogen (secondary N) is 2. The minimum absolute atomic E-state index is 0.126. The number of urea groups is 1. The van der Waals surface area contributed by atoms with Crippen molar-refractivity contribution >= 4 is 12.0 Å². The van der Waals surface area contributed by atoms with Gasteiger partial charge in [-0.3, -0.25) is 4.90 Å². The van der Waals surface area contributed by atoms with Crippen molar-refractivity contribution in [1.29, 1.82) is 0 Å². The minimum atomic E-state index is -0.427. The molecule has 1 aromatic carbocycles. The number of esters is 1. The molecule has 8 nitrogen and oxygen atoms in total. The van der Waals surface area contributed by atoms with Crippen LogP contribution >= 0.6 is 0 Å². The molecular weight excluding hydrogens is 386 g/mol. The van der Waals surface area contributed by atoms with Crippen molar-refractivity contribution in [3.63, 3.8) is 0 Å². The topological polar surface area (TPSA) is 89.1 Å². The molecule has 0 aromatic heterocycles. The fourth-order valence-corrected chi connectivity index (χ4v) is 3.96. The Morgan fingerprint density at radius 3 is 2.80 bits per heavy atom. The molecule has 0 saturated carbocycles. The highest BCUT2D eigenvalue weighted by Gasteiger charge is 2.31. The van der Waals surface area contributed by atoms with E-state index in [1.165, 1.54) is 0 Å². The maximum Gasteiger partial charge on any atom is 0.337 e. The van der Waals surface area contributed by atoms with Gasteiger partial charge in [-0.05, 0) is 32.8 Å². The van der Waals surface area contributed by atoms with Crippen LogP contribution in [0, 0.1) is 0 Å². The van der Waals surface area contributed by atoms with Crippen LogP contribution in [0.25, 0.3) is 0 Å². The monoisotopic (exact) mass is 417 g/mol. The van der Waals surface area contributed by atoms with E-state index in [2.05, 4.69) is 15.5 Å². The van der Waals surface area contributed by atoms with Crippen LogP contribution in [0.2, 0.25) is 0 Å². The molecule has 8 heteroatoms. The second kappa shape index (κ2) is 10.4. The fourth-order valence-electron chi connectivity index (χ4n) is 3.96. The number of hydrogen-bond acceptors (Lipinski definition) is 6. The third-order valence-corrected chi connectivity index (χ3v) is 5.32. The molecular formula is C22H31N3O5. The molecule has 2 aliphatic heterocycles. The molecule has 2 atom stereocenters. The van der Waals surface area contributed by atoms with Crippen molar-refractivity contribution < 1.29 is 23.8 Å². The smallest absolute Gasteiger partial charge is 0.337 e. The van der Waals surface area contributed by atoms with Gasteiger partial charge in [0.15, 0.2) is 0 Å². The Bertz CT molecular complexity index is 789. The molecule has 30 heavy (non-hydrogen) atoms. The van der Waals surface area contributed by atoms with Crippen LogP contribution in [-0.4, -0.2) is 62.5 Å². The van der Waals surface area contributed by atoms with Crippen molar-refractivity contribution in [1.82, 2.24) is 15.5 Å². The van der Waals surface area contributed by atoms with Crippen molar-refractivity contribution in [2.24, 2.45) is 0 Å². The summed E-state index contributed by atoms with van der Waals surface area (Å²) in [6.45, 7) is 6.28. The lowest BCUT2D eigenvalue weighted by Gasteiger charge is -2.31. The SMILES string of the molecule is CCOC(=O)C1=C(CN(Cc2ccccc2OC)CC2CCCO2)NC(=O)NC1C. The second-order valence-electron chi connectivity index (χ2n) is 7.55. The van der Waals surface area contributed by atoms with Gasteiger partial charge in [0.2, 0.25) is 0 Å². The first-order valence-corrected chi connectivity index (χ1v) is 10.4. The summed E-state index contributed by atoms with van der Waals surface area (Å²) in [4.78, 5) is 26.9. The summed E-state index contributed by atoms with van der Waals surface area (Å²) in [5.74, 6) is 0.388. The molecule has 2 heterocycles. The highest BCUT2D eigenvalue weighted by molar-refractivity contribution is 5.94. The van der Waals surface area contributed by atoms with E-state index in [-0.39, 0.29) is 18.7 Å². The van der Waals surface area contributed by atoms with E-state index >= 15 is 0 Å². The van der Waals surface area contributed by atoms with E-state index in [0.29, 0.717) is 30.9 Å². The summed E-state index contributed by atoms with van der Waals surface area (Å²) in [5, 5.41) is 5.56. The Hall–Kier alpha value is -2.58. The molecule has 2 aliphatic rings. The van der Waals surface area contributed by atoms with Gasteiger partial charge in [0.1, 0.15) is 5.75 Å². The predicted octanol–water partition coefficient (Wildman–Crippen LogP) is 2.19. The largest absolute Gasteiger partial charge is 0.496 e. The highest BCUT2D eigenvalue weighted by atomic mass is 16.5. The molecule has 164 valence electrons. The Morgan fingerprint density at radius 2 is 2.10 bits per heavy atom. The summed E-state index contributed by atoms with van der Waals surface area (Å²) in [7, 11) is 1.65. The maximum atomic E-state index is 12.6. The van der Waals surface area contributed by atoms with Crippen LogP contribution in [0.1, 0.15) is 32.3 Å². The Morgan fingerprint density at radius 1 is 1.30 bits per heavy atom. The van der Waals surface area contributed by atoms with Crippen LogP contribution in [0.3, 0.4) is 0 Å². The third-order valence-electron chi connectivity index (χ3n) is 5.32. The zero-order valence-corrected chi connectivity index (χ0v) is 17.9. The van der Waals surface area contributed by atoms with Crippen molar-refractivity contribution in [2.75, 3.05) is 33.4 Å². The summed E-state index contributed by atoms with van der Waals surface area (Å²) in [6.07, 6.45) is 2.17. The number of benzene rings is 1. The highest BCUT2D eigenvalue weighted by Crippen LogP contribution is 2.23. The van der Waals surface area contributed by atoms with Gasteiger partial charge >= 0.3 is 12.0 Å². The molecule has 0 spiro atoms. The van der Waals surface area contributed by atoms with E-state index in [1.807, 2.05) is 24.3 Å². The molecule has 0 bridgehead atoms. The van der Waals surface area contributed by atoms with E-state index < -0.39 is 12.0 Å².